The van der Waals surface area contributed by atoms with Crippen LogP contribution in [0.25, 0.3) is 89.4 Å². The normalized spacial score (nSPS) is 16.3. The van der Waals surface area contributed by atoms with Crippen molar-refractivity contribution in [1.29, 1.82) is 0 Å². The van der Waals surface area contributed by atoms with E-state index in [0.717, 1.165) is 95.2 Å². The molecule has 2 aliphatic rings. The van der Waals surface area contributed by atoms with Crippen molar-refractivity contribution in [2.45, 2.75) is 25.7 Å². The second-order valence-corrected chi connectivity index (χ2v) is 15.5. The summed E-state index contributed by atoms with van der Waals surface area (Å²) < 4.78 is 19.6. The van der Waals surface area contributed by atoms with Crippen LogP contribution in [-0.2, 0) is 12.8 Å². The Hall–Kier alpha value is -7.31. The molecule has 12 rings (SSSR count). The van der Waals surface area contributed by atoms with Crippen molar-refractivity contribution >= 4 is 55.5 Å². The minimum absolute atomic E-state index is 0.0260. The van der Waals surface area contributed by atoms with Gasteiger partial charge < -0.3 is 13.3 Å². The summed E-state index contributed by atoms with van der Waals surface area (Å²) >= 11 is 0. The molecular formula is C52H35N3O3. The molecule has 0 saturated heterocycles. The zero-order chi connectivity index (χ0) is 38.3. The van der Waals surface area contributed by atoms with E-state index in [1.54, 1.807) is 0 Å². The minimum atomic E-state index is -0.0260. The lowest BCUT2D eigenvalue weighted by atomic mass is 9.81. The third kappa shape index (κ3) is 5.29. The first-order chi connectivity index (χ1) is 28.6. The van der Waals surface area contributed by atoms with Gasteiger partial charge in [-0.2, -0.15) is 0 Å². The molecule has 58 heavy (non-hydrogen) atoms. The van der Waals surface area contributed by atoms with E-state index >= 15 is 0 Å². The highest BCUT2D eigenvalue weighted by molar-refractivity contribution is 6.06. The van der Waals surface area contributed by atoms with Gasteiger partial charge in [0.25, 0.3) is 0 Å². The Morgan fingerprint density at radius 2 is 1.14 bits per heavy atom. The first kappa shape index (κ1) is 32.9. The molecule has 276 valence electrons. The Kier molecular flexibility index (Phi) is 7.29. The summed E-state index contributed by atoms with van der Waals surface area (Å²) in [4.78, 5) is 15.8. The number of benzene rings is 6. The molecule has 6 heteroatoms. The topological polar surface area (TPSA) is 78.1 Å². The van der Waals surface area contributed by atoms with Crippen LogP contribution in [0.4, 0.5) is 0 Å². The van der Waals surface area contributed by atoms with Crippen LogP contribution in [0, 0.1) is 5.92 Å². The number of hydrogen-bond acceptors (Lipinski definition) is 6. The van der Waals surface area contributed by atoms with E-state index < -0.39 is 0 Å². The van der Waals surface area contributed by atoms with Gasteiger partial charge in [-0.1, -0.05) is 134 Å². The van der Waals surface area contributed by atoms with Gasteiger partial charge in [0.1, 0.15) is 33.9 Å². The molecule has 0 amide bonds. The highest BCUT2D eigenvalue weighted by atomic mass is 16.3. The van der Waals surface area contributed by atoms with Crippen molar-refractivity contribution in [1.82, 2.24) is 15.0 Å². The SMILES string of the molecule is CC1C=Cc2c(oc3cccc(C4C=C(c5nc(-c6ccc(-c7ccccc7)cc6)nc(-c6ccc7c(c6)oc6ccccc67)n5)c5c(oc6ccccc56)C4)c23)C1. The summed E-state index contributed by atoms with van der Waals surface area (Å²) in [6.45, 7) is 2.23. The predicted molar refractivity (Wildman–Crippen MR) is 231 cm³/mol. The van der Waals surface area contributed by atoms with Crippen LogP contribution in [0.3, 0.4) is 0 Å². The number of nitrogens with zero attached hydrogens (tertiary/aromatic N) is 3. The Balaban J connectivity index is 1.07. The van der Waals surface area contributed by atoms with E-state index in [4.69, 9.17) is 28.2 Å². The molecule has 0 saturated carbocycles. The summed E-state index contributed by atoms with van der Waals surface area (Å²) in [6.07, 6.45) is 8.46. The van der Waals surface area contributed by atoms with Crippen LogP contribution in [0.2, 0.25) is 0 Å². The molecule has 0 spiro atoms. The summed E-state index contributed by atoms with van der Waals surface area (Å²) in [5, 5.41) is 4.33. The molecule has 6 nitrogen and oxygen atoms in total. The van der Waals surface area contributed by atoms with Crippen molar-refractivity contribution in [2.24, 2.45) is 5.92 Å². The highest BCUT2D eigenvalue weighted by Gasteiger charge is 2.32. The molecule has 2 atom stereocenters. The second-order valence-electron chi connectivity index (χ2n) is 15.5. The van der Waals surface area contributed by atoms with Crippen molar-refractivity contribution in [3.05, 3.63) is 186 Å². The van der Waals surface area contributed by atoms with Gasteiger partial charge in [-0.3, -0.25) is 0 Å². The van der Waals surface area contributed by atoms with Crippen molar-refractivity contribution in [3.63, 3.8) is 0 Å². The van der Waals surface area contributed by atoms with Gasteiger partial charge >= 0.3 is 0 Å². The van der Waals surface area contributed by atoms with Crippen molar-refractivity contribution in [3.8, 4) is 33.9 Å². The smallest absolute Gasteiger partial charge is 0.164 e. The number of furan rings is 3. The molecule has 0 fully saturated rings. The van der Waals surface area contributed by atoms with E-state index in [1.807, 2.05) is 42.5 Å². The molecule has 6 aromatic carbocycles. The molecule has 0 N–H and O–H groups in total. The molecule has 2 aliphatic carbocycles. The fraction of sp³-hybridized carbons (Fsp3) is 0.0962. The average molecular weight is 750 g/mol. The van der Waals surface area contributed by atoms with Crippen LogP contribution in [-0.4, -0.2) is 15.0 Å². The van der Waals surface area contributed by atoms with Crippen LogP contribution in [0.5, 0.6) is 0 Å². The fourth-order valence-electron chi connectivity index (χ4n) is 9.03. The second kappa shape index (κ2) is 12.9. The summed E-state index contributed by atoms with van der Waals surface area (Å²) in [6, 6.07) is 47.9. The van der Waals surface area contributed by atoms with Gasteiger partial charge in [0.15, 0.2) is 17.5 Å². The van der Waals surface area contributed by atoms with E-state index in [-0.39, 0.29) is 5.92 Å². The van der Waals surface area contributed by atoms with E-state index in [2.05, 4.69) is 122 Å². The Morgan fingerprint density at radius 1 is 0.500 bits per heavy atom. The zero-order valence-electron chi connectivity index (χ0n) is 31.6. The van der Waals surface area contributed by atoms with Gasteiger partial charge in [0, 0.05) is 68.1 Å². The van der Waals surface area contributed by atoms with E-state index in [1.165, 1.54) is 11.1 Å². The number of rotatable bonds is 5. The van der Waals surface area contributed by atoms with Crippen LogP contribution in [0.1, 0.15) is 46.9 Å². The Bertz CT molecular complexity index is 3310. The lowest BCUT2D eigenvalue weighted by Crippen LogP contribution is -2.12. The Morgan fingerprint density at radius 3 is 1.98 bits per heavy atom. The van der Waals surface area contributed by atoms with Gasteiger partial charge in [-0.15, -0.1) is 0 Å². The molecule has 2 unspecified atom stereocenters. The predicted octanol–water partition coefficient (Wildman–Crippen LogP) is 13.2. The molecule has 4 aromatic heterocycles. The number of hydrogen-bond donors (Lipinski definition) is 0. The molecule has 0 radical (unpaired) electrons. The van der Waals surface area contributed by atoms with Crippen LogP contribution in [0.15, 0.2) is 165 Å². The standard InChI is InChI=1S/C52H35N3O3/c1-30-18-24-40-45(26-30)58-44-17-9-14-36(48(40)44)35-27-41(49-39-13-6-8-16-43(39)57-47(49)29-35)52-54-50(33-21-19-32(20-22-33)31-10-3-2-4-11-31)53-51(55-52)34-23-25-38-37-12-5-7-15-42(37)56-46(38)28-34/h2-25,27-28,30,35H,26,29H2,1H3. The zero-order valence-corrected chi connectivity index (χ0v) is 31.6. The first-order valence-electron chi connectivity index (χ1n) is 19.9. The Labute approximate surface area is 333 Å². The average Bonchev–Trinajstić information content (AvgIpc) is 3.97. The van der Waals surface area contributed by atoms with Crippen molar-refractivity contribution < 1.29 is 13.3 Å². The molecule has 0 bridgehead atoms. The van der Waals surface area contributed by atoms with E-state index in [9.17, 15) is 0 Å². The first-order valence-corrected chi connectivity index (χ1v) is 19.9. The third-order valence-corrected chi connectivity index (χ3v) is 11.8. The monoisotopic (exact) mass is 749 g/mol. The number of aromatic nitrogens is 3. The molecular weight excluding hydrogens is 715 g/mol. The highest BCUT2D eigenvalue weighted by Crippen LogP contribution is 2.46. The number of fused-ring (bicyclic) bond motifs is 9. The third-order valence-electron chi connectivity index (χ3n) is 11.8. The minimum Gasteiger partial charge on any atom is -0.460 e. The lowest BCUT2D eigenvalue weighted by Gasteiger charge is -2.22. The molecule has 10 aromatic rings. The summed E-state index contributed by atoms with van der Waals surface area (Å²) in [5.74, 6) is 4.12. The number of para-hydroxylation sites is 2. The quantitative estimate of drug-likeness (QED) is 0.174. The molecule has 4 heterocycles. The summed E-state index contributed by atoms with van der Waals surface area (Å²) in [5.41, 5.74) is 11.7. The van der Waals surface area contributed by atoms with Gasteiger partial charge in [-0.05, 0) is 52.9 Å². The van der Waals surface area contributed by atoms with Gasteiger partial charge in [0.05, 0.1) is 0 Å². The molecule has 0 aliphatic heterocycles. The van der Waals surface area contributed by atoms with Crippen LogP contribution < -0.4 is 0 Å². The maximum Gasteiger partial charge on any atom is 0.164 e. The summed E-state index contributed by atoms with van der Waals surface area (Å²) in [7, 11) is 0. The largest absolute Gasteiger partial charge is 0.460 e. The fourth-order valence-corrected chi connectivity index (χ4v) is 9.03. The lowest BCUT2D eigenvalue weighted by molar-refractivity contribution is 0.513. The number of allylic oxidation sites excluding steroid dienone is 2. The maximum absolute atomic E-state index is 6.71. The maximum atomic E-state index is 6.71. The van der Waals surface area contributed by atoms with E-state index in [0.29, 0.717) is 29.8 Å². The van der Waals surface area contributed by atoms with Gasteiger partial charge in [-0.25, -0.2) is 15.0 Å². The van der Waals surface area contributed by atoms with Crippen molar-refractivity contribution in [2.75, 3.05) is 0 Å². The van der Waals surface area contributed by atoms with Gasteiger partial charge in [0.2, 0.25) is 0 Å². The van der Waals surface area contributed by atoms with Crippen LogP contribution >= 0.6 is 0 Å².